The van der Waals surface area contributed by atoms with Crippen LogP contribution in [0.2, 0.25) is 0 Å². The van der Waals surface area contributed by atoms with Crippen LogP contribution in [0.3, 0.4) is 0 Å². The lowest BCUT2D eigenvalue weighted by molar-refractivity contribution is 0.696. The molecule has 0 amide bonds. The molecule has 1 aromatic heterocycles. The van der Waals surface area contributed by atoms with Gasteiger partial charge in [0.25, 0.3) is 0 Å². The largest absolute Gasteiger partial charge is 0.373 e. The number of anilines is 1. The normalized spacial score (nSPS) is 15.4. The Kier molecular flexibility index (Phi) is 4.24. The summed E-state index contributed by atoms with van der Waals surface area (Å²) in [4.78, 5) is 9.50. The Bertz CT molecular complexity index is 648. The zero-order valence-corrected chi connectivity index (χ0v) is 14.1. The number of halogens is 1. The third-order valence-corrected chi connectivity index (χ3v) is 4.70. The number of nitrogens with one attached hydrogen (secondary N) is 1. The molecule has 1 aromatic carbocycles. The fraction of sp³-hybridized carbons (Fsp3) is 0.412. The van der Waals surface area contributed by atoms with Crippen LogP contribution >= 0.6 is 15.9 Å². The molecule has 0 radical (unpaired) electrons. The maximum atomic E-state index is 4.86. The maximum Gasteiger partial charge on any atom is 0.162 e. The molecule has 1 saturated carbocycles. The predicted molar refractivity (Wildman–Crippen MR) is 90.7 cm³/mol. The SMILES string of the molecule is CNc1cc(C2CCCC2)nc(-c2ccc(Br)cc2C)n1. The maximum absolute atomic E-state index is 4.86. The zero-order valence-electron chi connectivity index (χ0n) is 12.5. The first-order valence-corrected chi connectivity index (χ1v) is 8.30. The van der Waals surface area contributed by atoms with E-state index in [-0.39, 0.29) is 0 Å². The Morgan fingerprint density at radius 2 is 1.90 bits per heavy atom. The van der Waals surface area contributed by atoms with Gasteiger partial charge in [-0.15, -0.1) is 0 Å². The third-order valence-electron chi connectivity index (χ3n) is 4.20. The molecule has 1 aliphatic rings. The fourth-order valence-electron chi connectivity index (χ4n) is 3.02. The molecule has 1 aliphatic carbocycles. The van der Waals surface area contributed by atoms with Crippen molar-refractivity contribution in [2.75, 3.05) is 12.4 Å². The van der Waals surface area contributed by atoms with E-state index in [2.05, 4.69) is 51.4 Å². The van der Waals surface area contributed by atoms with E-state index < -0.39 is 0 Å². The van der Waals surface area contributed by atoms with Crippen LogP contribution in [0, 0.1) is 6.92 Å². The molecule has 0 aliphatic heterocycles. The molecule has 0 unspecified atom stereocenters. The van der Waals surface area contributed by atoms with Gasteiger partial charge in [-0.3, -0.25) is 0 Å². The summed E-state index contributed by atoms with van der Waals surface area (Å²) in [6.07, 6.45) is 5.13. The molecule has 4 heteroatoms. The Morgan fingerprint density at radius 3 is 2.57 bits per heavy atom. The topological polar surface area (TPSA) is 37.8 Å². The first kappa shape index (κ1) is 14.5. The monoisotopic (exact) mass is 345 g/mol. The molecule has 2 aromatic rings. The highest BCUT2D eigenvalue weighted by atomic mass is 79.9. The number of benzene rings is 1. The summed E-state index contributed by atoms with van der Waals surface area (Å²) < 4.78 is 1.09. The summed E-state index contributed by atoms with van der Waals surface area (Å²) in [7, 11) is 1.92. The minimum Gasteiger partial charge on any atom is -0.373 e. The molecular weight excluding hydrogens is 326 g/mol. The third kappa shape index (κ3) is 3.10. The van der Waals surface area contributed by atoms with Crippen molar-refractivity contribution in [2.45, 2.75) is 38.5 Å². The van der Waals surface area contributed by atoms with E-state index in [1.807, 2.05) is 13.1 Å². The Hall–Kier alpha value is -1.42. The summed E-state index contributed by atoms with van der Waals surface area (Å²) in [5.74, 6) is 2.33. The Morgan fingerprint density at radius 1 is 1.14 bits per heavy atom. The Labute approximate surface area is 134 Å². The molecule has 1 heterocycles. The van der Waals surface area contributed by atoms with Crippen molar-refractivity contribution in [1.29, 1.82) is 0 Å². The van der Waals surface area contributed by atoms with Gasteiger partial charge in [0, 0.05) is 34.8 Å². The standard InChI is InChI=1S/C17H20BrN3/c1-11-9-13(18)7-8-14(11)17-20-15(10-16(19-2)21-17)12-5-3-4-6-12/h7-10,12H,3-6H2,1-2H3,(H,19,20,21). The van der Waals surface area contributed by atoms with Crippen molar-refractivity contribution in [1.82, 2.24) is 9.97 Å². The molecular formula is C17H20BrN3. The van der Waals surface area contributed by atoms with Gasteiger partial charge < -0.3 is 5.32 Å². The van der Waals surface area contributed by atoms with E-state index in [1.54, 1.807) is 0 Å². The minimum absolute atomic E-state index is 0.592. The minimum atomic E-state index is 0.592. The fourth-order valence-corrected chi connectivity index (χ4v) is 3.50. The number of aryl methyl sites for hydroxylation is 1. The average molecular weight is 346 g/mol. The number of nitrogens with zero attached hydrogens (tertiary/aromatic N) is 2. The van der Waals surface area contributed by atoms with Crippen LogP contribution in [0.4, 0.5) is 5.82 Å². The average Bonchev–Trinajstić information content (AvgIpc) is 3.01. The molecule has 0 saturated heterocycles. The zero-order chi connectivity index (χ0) is 14.8. The van der Waals surface area contributed by atoms with E-state index in [0.717, 1.165) is 21.7 Å². The highest BCUT2D eigenvalue weighted by Crippen LogP contribution is 2.35. The van der Waals surface area contributed by atoms with Crippen LogP contribution in [-0.2, 0) is 0 Å². The van der Waals surface area contributed by atoms with Crippen LogP contribution in [0.1, 0.15) is 42.9 Å². The lowest BCUT2D eigenvalue weighted by atomic mass is 10.0. The highest BCUT2D eigenvalue weighted by Gasteiger charge is 2.20. The molecule has 3 nitrogen and oxygen atoms in total. The van der Waals surface area contributed by atoms with Crippen molar-refractivity contribution in [2.24, 2.45) is 0 Å². The number of rotatable bonds is 3. The summed E-state index contributed by atoms with van der Waals surface area (Å²) in [5, 5.41) is 3.17. The number of hydrogen-bond donors (Lipinski definition) is 1. The van der Waals surface area contributed by atoms with Crippen molar-refractivity contribution in [3.63, 3.8) is 0 Å². The molecule has 1 N–H and O–H groups in total. The quantitative estimate of drug-likeness (QED) is 0.858. The van der Waals surface area contributed by atoms with Gasteiger partial charge in [-0.05, 0) is 43.5 Å². The second-order valence-corrected chi connectivity index (χ2v) is 6.61. The van der Waals surface area contributed by atoms with Gasteiger partial charge in [-0.1, -0.05) is 28.8 Å². The van der Waals surface area contributed by atoms with Gasteiger partial charge in [0.05, 0.1) is 0 Å². The van der Waals surface area contributed by atoms with Crippen LogP contribution in [-0.4, -0.2) is 17.0 Å². The summed E-state index contributed by atoms with van der Waals surface area (Å²) >= 11 is 3.51. The second kappa shape index (κ2) is 6.14. The van der Waals surface area contributed by atoms with Crippen molar-refractivity contribution in [3.8, 4) is 11.4 Å². The van der Waals surface area contributed by atoms with Crippen LogP contribution < -0.4 is 5.32 Å². The molecule has 3 rings (SSSR count). The van der Waals surface area contributed by atoms with Gasteiger partial charge in [0.2, 0.25) is 0 Å². The van der Waals surface area contributed by atoms with E-state index in [4.69, 9.17) is 4.98 Å². The van der Waals surface area contributed by atoms with Crippen LogP contribution in [0.25, 0.3) is 11.4 Å². The molecule has 0 atom stereocenters. The van der Waals surface area contributed by atoms with Crippen LogP contribution in [0.15, 0.2) is 28.7 Å². The van der Waals surface area contributed by atoms with Gasteiger partial charge >= 0.3 is 0 Å². The highest BCUT2D eigenvalue weighted by molar-refractivity contribution is 9.10. The van der Waals surface area contributed by atoms with E-state index in [1.165, 1.54) is 36.9 Å². The number of aromatic nitrogens is 2. The molecule has 0 spiro atoms. The van der Waals surface area contributed by atoms with Gasteiger partial charge in [-0.2, -0.15) is 0 Å². The lowest BCUT2D eigenvalue weighted by Gasteiger charge is -2.13. The molecule has 0 bridgehead atoms. The molecule has 1 fully saturated rings. The van der Waals surface area contributed by atoms with Crippen LogP contribution in [0.5, 0.6) is 0 Å². The van der Waals surface area contributed by atoms with Gasteiger partial charge in [0.15, 0.2) is 5.82 Å². The van der Waals surface area contributed by atoms with Gasteiger partial charge in [0.1, 0.15) is 5.82 Å². The summed E-state index contributed by atoms with van der Waals surface area (Å²) in [6, 6.07) is 8.35. The van der Waals surface area contributed by atoms with Gasteiger partial charge in [-0.25, -0.2) is 9.97 Å². The first-order chi connectivity index (χ1) is 10.2. The predicted octanol–water partition coefficient (Wildman–Crippen LogP) is 4.91. The van der Waals surface area contributed by atoms with Crippen molar-refractivity contribution >= 4 is 21.7 Å². The summed E-state index contributed by atoms with van der Waals surface area (Å²) in [5.41, 5.74) is 3.48. The smallest absolute Gasteiger partial charge is 0.162 e. The second-order valence-electron chi connectivity index (χ2n) is 5.69. The number of hydrogen-bond acceptors (Lipinski definition) is 3. The molecule has 21 heavy (non-hydrogen) atoms. The lowest BCUT2D eigenvalue weighted by Crippen LogP contribution is -2.04. The molecule has 110 valence electrons. The van der Waals surface area contributed by atoms with E-state index in [0.29, 0.717) is 5.92 Å². The first-order valence-electron chi connectivity index (χ1n) is 7.50. The van der Waals surface area contributed by atoms with Crippen molar-refractivity contribution in [3.05, 3.63) is 40.0 Å². The summed E-state index contributed by atoms with van der Waals surface area (Å²) in [6.45, 7) is 2.10. The van der Waals surface area contributed by atoms with Crippen molar-refractivity contribution < 1.29 is 0 Å². The van der Waals surface area contributed by atoms with E-state index >= 15 is 0 Å². The van der Waals surface area contributed by atoms with E-state index in [9.17, 15) is 0 Å². The Balaban J connectivity index is 2.06.